The first kappa shape index (κ1) is 20.4. The Balaban J connectivity index is 1.59. The molecule has 0 radical (unpaired) electrons. The molecular weight excluding hydrogens is 364 g/mol. The molecule has 3 heterocycles. The van der Waals surface area contributed by atoms with Gasteiger partial charge in [-0.15, -0.1) is 0 Å². The lowest BCUT2D eigenvalue weighted by Gasteiger charge is -2.43. The van der Waals surface area contributed by atoms with E-state index in [1.54, 1.807) is 4.90 Å². The minimum absolute atomic E-state index is 0.121. The molecule has 1 saturated carbocycles. The number of nitrogens with one attached hydrogen (secondary N) is 1. The molecule has 0 aromatic carbocycles. The number of aromatic nitrogens is 2. The maximum Gasteiger partial charge on any atom is 0.249 e. The Bertz CT molecular complexity index is 726. The van der Waals surface area contributed by atoms with E-state index in [-0.39, 0.29) is 11.9 Å². The number of likely N-dealkylation sites (tertiary alicyclic amines) is 1. The summed E-state index contributed by atoms with van der Waals surface area (Å²) in [6.45, 7) is 6.66. The van der Waals surface area contributed by atoms with Crippen LogP contribution in [-0.4, -0.2) is 66.1 Å². The minimum Gasteiger partial charge on any atom is -0.351 e. The molecule has 1 aliphatic carbocycles. The molecule has 2 atom stereocenters. The molecule has 0 bridgehead atoms. The van der Waals surface area contributed by atoms with Crippen molar-refractivity contribution in [3.8, 4) is 0 Å². The van der Waals surface area contributed by atoms with Crippen molar-refractivity contribution in [1.82, 2.24) is 14.9 Å². The normalized spacial score (nSPS) is 25.4. The Morgan fingerprint density at radius 2 is 1.86 bits per heavy atom. The smallest absolute Gasteiger partial charge is 0.249 e. The third kappa shape index (κ3) is 3.93. The Hall–Kier alpha value is -1.89. The molecule has 2 fully saturated rings. The zero-order valence-corrected chi connectivity index (χ0v) is 18.4. The van der Waals surface area contributed by atoms with Crippen molar-refractivity contribution in [3.63, 3.8) is 0 Å². The predicted molar refractivity (Wildman–Crippen MR) is 118 cm³/mol. The summed E-state index contributed by atoms with van der Waals surface area (Å²) in [6, 6.07) is 0.627. The van der Waals surface area contributed by atoms with E-state index in [9.17, 15) is 4.79 Å². The summed E-state index contributed by atoms with van der Waals surface area (Å²) >= 11 is 0. The summed E-state index contributed by atoms with van der Waals surface area (Å²) in [5.41, 5.74) is 0.837. The fourth-order valence-corrected chi connectivity index (χ4v) is 5.30. The van der Waals surface area contributed by atoms with Crippen LogP contribution >= 0.6 is 0 Å². The molecule has 1 amide bonds. The largest absolute Gasteiger partial charge is 0.351 e. The highest BCUT2D eigenvalue weighted by atomic mass is 16.2. The van der Waals surface area contributed by atoms with E-state index >= 15 is 0 Å². The SMILES string of the molecule is CCC1C(=O)N(C)c2cnc(NC(C)C3CCN(C)CC3)nc2N1C1CCCC1. The number of anilines is 3. The molecule has 1 saturated heterocycles. The fourth-order valence-electron chi connectivity index (χ4n) is 5.30. The Morgan fingerprint density at radius 1 is 1.17 bits per heavy atom. The standard InChI is InChI=1S/C22H36N6O/c1-5-18-21(29)27(4)19-14-23-22(24-15(2)16-10-12-26(3)13-11-16)25-20(19)28(18)17-8-6-7-9-17/h14-18H,5-13H2,1-4H3,(H,23,24,25). The van der Waals surface area contributed by atoms with Crippen molar-refractivity contribution in [2.45, 2.75) is 76.9 Å². The number of piperidine rings is 1. The van der Waals surface area contributed by atoms with Gasteiger partial charge in [0, 0.05) is 19.1 Å². The second-order valence-corrected chi connectivity index (χ2v) is 9.14. The summed E-state index contributed by atoms with van der Waals surface area (Å²) < 4.78 is 0. The number of rotatable bonds is 5. The van der Waals surface area contributed by atoms with E-state index in [4.69, 9.17) is 4.98 Å². The van der Waals surface area contributed by atoms with Gasteiger partial charge in [-0.25, -0.2) is 4.98 Å². The second-order valence-electron chi connectivity index (χ2n) is 9.14. The van der Waals surface area contributed by atoms with Crippen LogP contribution in [0.3, 0.4) is 0 Å². The van der Waals surface area contributed by atoms with Gasteiger partial charge in [0.2, 0.25) is 11.9 Å². The first-order valence-electron chi connectivity index (χ1n) is 11.4. The highest BCUT2D eigenvalue weighted by molar-refractivity contribution is 6.04. The third-order valence-corrected chi connectivity index (χ3v) is 7.24. The third-order valence-electron chi connectivity index (χ3n) is 7.24. The van der Waals surface area contributed by atoms with Crippen molar-refractivity contribution >= 4 is 23.4 Å². The van der Waals surface area contributed by atoms with Gasteiger partial charge in [-0.2, -0.15) is 4.98 Å². The number of hydrogen-bond donors (Lipinski definition) is 1. The van der Waals surface area contributed by atoms with Gasteiger partial charge in [0.25, 0.3) is 0 Å². The molecule has 2 unspecified atom stereocenters. The number of hydrogen-bond acceptors (Lipinski definition) is 6. The second kappa shape index (κ2) is 8.46. The number of fused-ring (bicyclic) bond motifs is 1. The van der Waals surface area contributed by atoms with Crippen LogP contribution in [-0.2, 0) is 4.79 Å². The van der Waals surface area contributed by atoms with E-state index in [0.29, 0.717) is 23.9 Å². The molecule has 1 aromatic rings. The average Bonchev–Trinajstić information content (AvgIpc) is 3.25. The van der Waals surface area contributed by atoms with E-state index in [1.165, 1.54) is 25.7 Å². The van der Waals surface area contributed by atoms with Gasteiger partial charge in [0.1, 0.15) is 11.7 Å². The van der Waals surface area contributed by atoms with Crippen LogP contribution in [0, 0.1) is 5.92 Å². The fraction of sp³-hybridized carbons (Fsp3) is 0.773. The van der Waals surface area contributed by atoms with E-state index in [0.717, 1.165) is 43.9 Å². The molecule has 160 valence electrons. The number of likely N-dealkylation sites (N-methyl/N-ethyl adjacent to an activating group) is 1. The van der Waals surface area contributed by atoms with Crippen LogP contribution in [0.25, 0.3) is 0 Å². The molecule has 3 aliphatic rings. The molecule has 2 aliphatic heterocycles. The maximum absolute atomic E-state index is 13.0. The lowest BCUT2D eigenvalue weighted by Crippen LogP contribution is -2.55. The number of amides is 1. The van der Waals surface area contributed by atoms with Gasteiger partial charge in [-0.1, -0.05) is 19.8 Å². The first-order valence-corrected chi connectivity index (χ1v) is 11.4. The van der Waals surface area contributed by atoms with Gasteiger partial charge in [0.05, 0.1) is 6.20 Å². The topological polar surface area (TPSA) is 64.6 Å². The van der Waals surface area contributed by atoms with Crippen molar-refractivity contribution < 1.29 is 4.79 Å². The van der Waals surface area contributed by atoms with Crippen LogP contribution in [0.1, 0.15) is 58.8 Å². The Morgan fingerprint density at radius 3 is 2.52 bits per heavy atom. The summed E-state index contributed by atoms with van der Waals surface area (Å²) in [5.74, 6) is 2.43. The molecular formula is C22H36N6O. The van der Waals surface area contributed by atoms with Gasteiger partial charge in [-0.05, 0) is 65.1 Å². The van der Waals surface area contributed by atoms with E-state index in [2.05, 4.69) is 41.0 Å². The summed E-state index contributed by atoms with van der Waals surface area (Å²) in [5, 5.41) is 3.58. The quantitative estimate of drug-likeness (QED) is 0.819. The zero-order valence-electron chi connectivity index (χ0n) is 18.4. The van der Waals surface area contributed by atoms with E-state index < -0.39 is 0 Å². The van der Waals surface area contributed by atoms with Crippen molar-refractivity contribution in [3.05, 3.63) is 6.20 Å². The molecule has 1 N–H and O–H groups in total. The lowest BCUT2D eigenvalue weighted by molar-refractivity contribution is -0.120. The van der Waals surface area contributed by atoms with Gasteiger partial charge >= 0.3 is 0 Å². The highest BCUT2D eigenvalue weighted by Crippen LogP contribution is 2.39. The summed E-state index contributed by atoms with van der Waals surface area (Å²) in [6.07, 6.45) is 9.81. The van der Waals surface area contributed by atoms with Gasteiger partial charge in [0.15, 0.2) is 5.82 Å². The molecule has 7 heteroatoms. The number of carbonyl (C=O) groups excluding carboxylic acids is 1. The first-order chi connectivity index (χ1) is 14.0. The molecule has 29 heavy (non-hydrogen) atoms. The molecule has 0 spiro atoms. The average molecular weight is 401 g/mol. The van der Waals surface area contributed by atoms with Gasteiger partial charge < -0.3 is 20.0 Å². The predicted octanol–water partition coefficient (Wildman–Crippen LogP) is 3.12. The van der Waals surface area contributed by atoms with Gasteiger partial charge in [-0.3, -0.25) is 4.79 Å². The highest BCUT2D eigenvalue weighted by Gasteiger charge is 2.41. The lowest BCUT2D eigenvalue weighted by atomic mass is 9.91. The molecule has 1 aromatic heterocycles. The zero-order chi connectivity index (χ0) is 20.5. The van der Waals surface area contributed by atoms with Crippen LogP contribution in [0.5, 0.6) is 0 Å². The van der Waals surface area contributed by atoms with E-state index in [1.807, 2.05) is 13.2 Å². The maximum atomic E-state index is 13.0. The van der Waals surface area contributed by atoms with Crippen molar-refractivity contribution in [2.75, 3.05) is 42.3 Å². The van der Waals surface area contributed by atoms with Crippen LogP contribution in [0.2, 0.25) is 0 Å². The molecule has 4 rings (SSSR count). The Kier molecular flexibility index (Phi) is 5.95. The Labute approximate surface area is 174 Å². The van der Waals surface area contributed by atoms with Crippen molar-refractivity contribution in [2.24, 2.45) is 5.92 Å². The number of nitrogens with zero attached hydrogens (tertiary/aromatic N) is 5. The van der Waals surface area contributed by atoms with Crippen LogP contribution in [0.4, 0.5) is 17.5 Å². The van der Waals surface area contributed by atoms with Crippen LogP contribution < -0.4 is 15.1 Å². The summed E-state index contributed by atoms with van der Waals surface area (Å²) in [7, 11) is 4.05. The summed E-state index contributed by atoms with van der Waals surface area (Å²) in [4.78, 5) is 29.0. The monoisotopic (exact) mass is 400 g/mol. The van der Waals surface area contributed by atoms with Crippen LogP contribution in [0.15, 0.2) is 6.20 Å². The number of carbonyl (C=O) groups is 1. The minimum atomic E-state index is -0.121. The molecule has 7 nitrogen and oxygen atoms in total. The van der Waals surface area contributed by atoms with Crippen molar-refractivity contribution in [1.29, 1.82) is 0 Å².